The summed E-state index contributed by atoms with van der Waals surface area (Å²) in [4.78, 5) is 11.6. The third-order valence-electron chi connectivity index (χ3n) is 5.00. The number of fused-ring (bicyclic) bond motifs is 1. The first-order valence-corrected chi connectivity index (χ1v) is 9.15. The van der Waals surface area contributed by atoms with E-state index < -0.39 is 0 Å². The van der Waals surface area contributed by atoms with E-state index in [0.717, 1.165) is 43.5 Å². The van der Waals surface area contributed by atoms with Crippen molar-refractivity contribution in [3.05, 3.63) is 82.7 Å². The molecule has 4 nitrogen and oxygen atoms in total. The van der Waals surface area contributed by atoms with E-state index in [1.54, 1.807) is 0 Å². The molecule has 0 spiro atoms. The molecule has 0 saturated heterocycles. The van der Waals surface area contributed by atoms with E-state index in [9.17, 15) is 0 Å². The normalized spacial score (nSPS) is 13.4. The Labute approximate surface area is 154 Å². The van der Waals surface area contributed by atoms with Gasteiger partial charge in [0.15, 0.2) is 0 Å². The quantitative estimate of drug-likeness (QED) is 0.767. The monoisotopic (exact) mass is 344 g/mol. The summed E-state index contributed by atoms with van der Waals surface area (Å²) in [7, 11) is 0. The van der Waals surface area contributed by atoms with Gasteiger partial charge in [-0.25, -0.2) is 9.97 Å². The fourth-order valence-electron chi connectivity index (χ4n) is 3.49. The third kappa shape index (κ3) is 3.54. The molecule has 2 heterocycles. The van der Waals surface area contributed by atoms with E-state index in [2.05, 4.69) is 81.7 Å². The second kappa shape index (κ2) is 7.16. The van der Waals surface area contributed by atoms with Crippen LogP contribution in [-0.2, 0) is 19.5 Å². The van der Waals surface area contributed by atoms with E-state index in [0.29, 0.717) is 0 Å². The molecule has 1 aromatic heterocycles. The van der Waals surface area contributed by atoms with Crippen LogP contribution < -0.4 is 10.2 Å². The second-order valence-corrected chi connectivity index (χ2v) is 6.88. The molecule has 1 N–H and O–H groups in total. The van der Waals surface area contributed by atoms with Crippen molar-refractivity contribution in [2.75, 3.05) is 16.8 Å². The standard InChI is InChI=1S/C22H24N4/c1-16-7-3-4-9-19(16)14-23-21-13-22(25-17(2)24-21)26-12-11-18-8-5-6-10-20(18)15-26/h3-10,13H,11-12,14-15H2,1-2H3,(H,23,24,25). The van der Waals surface area contributed by atoms with E-state index in [4.69, 9.17) is 0 Å². The number of benzene rings is 2. The summed E-state index contributed by atoms with van der Waals surface area (Å²) in [6.45, 7) is 6.76. The summed E-state index contributed by atoms with van der Waals surface area (Å²) >= 11 is 0. The molecule has 0 atom stereocenters. The Hall–Kier alpha value is -2.88. The Morgan fingerprint density at radius 1 is 0.962 bits per heavy atom. The van der Waals surface area contributed by atoms with Gasteiger partial charge in [-0.15, -0.1) is 0 Å². The molecule has 4 heteroatoms. The van der Waals surface area contributed by atoms with Crippen molar-refractivity contribution in [3.8, 4) is 0 Å². The highest BCUT2D eigenvalue weighted by Crippen LogP contribution is 2.24. The Morgan fingerprint density at radius 3 is 2.58 bits per heavy atom. The molecule has 132 valence electrons. The van der Waals surface area contributed by atoms with E-state index in [1.807, 2.05) is 6.92 Å². The van der Waals surface area contributed by atoms with E-state index >= 15 is 0 Å². The Morgan fingerprint density at radius 2 is 1.73 bits per heavy atom. The van der Waals surface area contributed by atoms with Gasteiger partial charge in [-0.2, -0.15) is 0 Å². The van der Waals surface area contributed by atoms with Gasteiger partial charge in [0.2, 0.25) is 0 Å². The summed E-state index contributed by atoms with van der Waals surface area (Å²) in [5.41, 5.74) is 5.42. The van der Waals surface area contributed by atoms with Crippen molar-refractivity contribution in [1.29, 1.82) is 0 Å². The van der Waals surface area contributed by atoms with Crippen LogP contribution in [0.1, 0.15) is 28.1 Å². The highest BCUT2D eigenvalue weighted by Gasteiger charge is 2.18. The molecule has 0 unspecified atom stereocenters. The first-order valence-electron chi connectivity index (χ1n) is 9.15. The van der Waals surface area contributed by atoms with Crippen LogP contribution >= 0.6 is 0 Å². The van der Waals surface area contributed by atoms with Gasteiger partial charge in [0.05, 0.1) is 0 Å². The SMILES string of the molecule is Cc1nc(NCc2ccccc2C)cc(N2CCc3ccccc3C2)n1. The molecule has 4 rings (SSSR count). The van der Waals surface area contributed by atoms with Crippen LogP contribution in [0.15, 0.2) is 54.6 Å². The number of anilines is 2. The fourth-order valence-corrected chi connectivity index (χ4v) is 3.49. The zero-order chi connectivity index (χ0) is 17.9. The molecule has 0 radical (unpaired) electrons. The van der Waals surface area contributed by atoms with Crippen molar-refractivity contribution >= 4 is 11.6 Å². The van der Waals surface area contributed by atoms with Crippen molar-refractivity contribution in [2.45, 2.75) is 33.4 Å². The van der Waals surface area contributed by atoms with Crippen LogP contribution in [0.2, 0.25) is 0 Å². The lowest BCUT2D eigenvalue weighted by molar-refractivity contribution is 0.717. The molecule has 1 aliphatic rings. The van der Waals surface area contributed by atoms with E-state index in [-0.39, 0.29) is 0 Å². The number of hydrogen-bond donors (Lipinski definition) is 1. The molecule has 0 bridgehead atoms. The summed E-state index contributed by atoms with van der Waals surface area (Å²) < 4.78 is 0. The minimum Gasteiger partial charge on any atom is -0.366 e. The number of hydrogen-bond acceptors (Lipinski definition) is 4. The number of rotatable bonds is 4. The maximum Gasteiger partial charge on any atom is 0.134 e. The van der Waals surface area contributed by atoms with Crippen LogP contribution in [0, 0.1) is 13.8 Å². The van der Waals surface area contributed by atoms with Crippen LogP contribution in [0.4, 0.5) is 11.6 Å². The molecule has 0 saturated carbocycles. The summed E-state index contributed by atoms with van der Waals surface area (Å²) in [5.74, 6) is 2.68. The van der Waals surface area contributed by atoms with E-state index in [1.165, 1.54) is 22.3 Å². The van der Waals surface area contributed by atoms with Crippen molar-refractivity contribution in [1.82, 2.24) is 9.97 Å². The average molecular weight is 344 g/mol. The molecule has 2 aromatic carbocycles. The van der Waals surface area contributed by atoms with Crippen molar-refractivity contribution in [2.24, 2.45) is 0 Å². The predicted octanol–water partition coefficient (Wildman–Crippen LogP) is 4.27. The molecule has 0 aliphatic carbocycles. The molecular formula is C22H24N4. The van der Waals surface area contributed by atoms with Crippen LogP contribution in [-0.4, -0.2) is 16.5 Å². The number of aromatic nitrogens is 2. The van der Waals surface area contributed by atoms with Crippen molar-refractivity contribution in [3.63, 3.8) is 0 Å². The third-order valence-corrected chi connectivity index (χ3v) is 5.00. The van der Waals surface area contributed by atoms with Crippen LogP contribution in [0.5, 0.6) is 0 Å². The lowest BCUT2D eigenvalue weighted by atomic mass is 10.00. The molecule has 3 aromatic rings. The van der Waals surface area contributed by atoms with Gasteiger partial charge in [-0.3, -0.25) is 0 Å². The topological polar surface area (TPSA) is 41.1 Å². The lowest BCUT2D eigenvalue weighted by Gasteiger charge is -2.30. The average Bonchev–Trinajstić information content (AvgIpc) is 2.66. The summed E-state index contributed by atoms with van der Waals surface area (Å²) in [6.07, 6.45) is 1.06. The molecule has 0 fully saturated rings. The Balaban J connectivity index is 1.52. The van der Waals surface area contributed by atoms with Gasteiger partial charge in [0.1, 0.15) is 17.5 Å². The van der Waals surface area contributed by atoms with Crippen LogP contribution in [0.3, 0.4) is 0 Å². The highest BCUT2D eigenvalue weighted by molar-refractivity contribution is 5.52. The maximum absolute atomic E-state index is 4.68. The summed E-state index contributed by atoms with van der Waals surface area (Å²) in [6, 6.07) is 19.2. The first kappa shape index (κ1) is 16.6. The van der Waals surface area contributed by atoms with Gasteiger partial charge in [-0.1, -0.05) is 48.5 Å². The molecule has 1 aliphatic heterocycles. The highest BCUT2D eigenvalue weighted by atomic mass is 15.2. The second-order valence-electron chi connectivity index (χ2n) is 6.88. The minimum atomic E-state index is 0.769. The largest absolute Gasteiger partial charge is 0.366 e. The number of nitrogens with zero attached hydrogens (tertiary/aromatic N) is 3. The van der Waals surface area contributed by atoms with Crippen molar-refractivity contribution < 1.29 is 0 Å². The minimum absolute atomic E-state index is 0.769. The fraction of sp³-hybridized carbons (Fsp3) is 0.273. The zero-order valence-corrected chi connectivity index (χ0v) is 15.4. The maximum atomic E-state index is 4.68. The Kier molecular flexibility index (Phi) is 4.57. The Bertz CT molecular complexity index is 920. The summed E-state index contributed by atoms with van der Waals surface area (Å²) in [5, 5.41) is 3.46. The van der Waals surface area contributed by atoms with Gasteiger partial charge in [0, 0.05) is 25.7 Å². The predicted molar refractivity (Wildman–Crippen MR) is 106 cm³/mol. The van der Waals surface area contributed by atoms with Gasteiger partial charge >= 0.3 is 0 Å². The number of aryl methyl sites for hydroxylation is 2. The number of nitrogens with one attached hydrogen (secondary N) is 1. The van der Waals surface area contributed by atoms with Gasteiger partial charge < -0.3 is 10.2 Å². The first-order chi connectivity index (χ1) is 12.7. The molecular weight excluding hydrogens is 320 g/mol. The lowest BCUT2D eigenvalue weighted by Crippen LogP contribution is -2.31. The van der Waals surface area contributed by atoms with Crippen LogP contribution in [0.25, 0.3) is 0 Å². The molecule has 0 amide bonds. The van der Waals surface area contributed by atoms with Gasteiger partial charge in [-0.05, 0) is 42.5 Å². The smallest absolute Gasteiger partial charge is 0.134 e. The zero-order valence-electron chi connectivity index (χ0n) is 15.4. The van der Waals surface area contributed by atoms with Gasteiger partial charge in [0.25, 0.3) is 0 Å². The molecule has 26 heavy (non-hydrogen) atoms.